The monoisotopic (exact) mass is 133 g/mol. The van der Waals surface area contributed by atoms with E-state index in [9.17, 15) is 0 Å². The van der Waals surface area contributed by atoms with Crippen LogP contribution in [0.25, 0.3) is 0 Å². The minimum Gasteiger partial charge on any atom is -0.0844 e. The van der Waals surface area contributed by atoms with Gasteiger partial charge in [0.25, 0.3) is 0 Å². The third-order valence-corrected chi connectivity index (χ3v) is 1.77. The maximum atomic E-state index is 2.25. The van der Waals surface area contributed by atoms with Gasteiger partial charge in [0.05, 0.1) is 0 Å². The van der Waals surface area contributed by atoms with Gasteiger partial charge in [-0.2, -0.15) is 0 Å². The predicted octanol–water partition coefficient (Wildman–Crippen LogP) is 3.04. The second-order valence-corrected chi connectivity index (χ2v) is 2.46. The smallest absolute Gasteiger partial charge is 0.00528 e. The Bertz CT molecular complexity index is 192. The van der Waals surface area contributed by atoms with Gasteiger partial charge < -0.3 is 0 Å². The molecule has 0 saturated carbocycles. The minimum absolute atomic E-state index is 1.08. The number of rotatable bonds is 1. The summed E-state index contributed by atoms with van der Waals surface area (Å²) in [6.45, 7) is 4.21. The van der Waals surface area contributed by atoms with Crippen molar-refractivity contribution >= 4 is 0 Å². The Balaban J connectivity index is 2.72. The van der Waals surface area contributed by atoms with Crippen LogP contribution in [0.2, 0.25) is 0 Å². The summed E-state index contributed by atoms with van der Waals surface area (Å²) in [6.07, 6.45) is 11.9. The summed E-state index contributed by atoms with van der Waals surface area (Å²) < 4.78 is 0. The molecule has 1 aliphatic carbocycles. The van der Waals surface area contributed by atoms with E-state index in [-0.39, 0.29) is 0 Å². The van der Waals surface area contributed by atoms with Crippen molar-refractivity contribution in [3.05, 3.63) is 41.9 Å². The Labute approximate surface area is 62.9 Å². The van der Waals surface area contributed by atoms with Crippen molar-refractivity contribution in [1.29, 1.82) is 0 Å². The third kappa shape index (κ3) is 1.60. The standard InChI is InChI=1S/C10H13/c1-3-9(2)10-7-5-4-6-8-10/h3-5,7-8H,6H2,1-2H3. The molecule has 0 saturated heterocycles. The molecule has 53 valence electrons. The molecule has 0 aromatic carbocycles. The first-order valence-electron chi connectivity index (χ1n) is 3.68. The lowest BCUT2D eigenvalue weighted by atomic mass is 9.98. The molecule has 0 aliphatic heterocycles. The van der Waals surface area contributed by atoms with Gasteiger partial charge in [0.1, 0.15) is 0 Å². The van der Waals surface area contributed by atoms with Gasteiger partial charge in [-0.1, -0.05) is 29.9 Å². The molecular formula is C10H13. The quantitative estimate of drug-likeness (QED) is 0.515. The van der Waals surface area contributed by atoms with E-state index < -0.39 is 0 Å². The van der Waals surface area contributed by atoms with Crippen LogP contribution in [0, 0.1) is 6.42 Å². The lowest BCUT2D eigenvalue weighted by molar-refractivity contribution is 1.18. The van der Waals surface area contributed by atoms with Gasteiger partial charge in [-0.15, -0.1) is 0 Å². The largest absolute Gasteiger partial charge is 0.0844 e. The first-order chi connectivity index (χ1) is 4.84. The van der Waals surface area contributed by atoms with Gasteiger partial charge in [-0.3, -0.25) is 0 Å². The molecule has 0 N–H and O–H groups in total. The number of hydrogen-bond donors (Lipinski definition) is 0. The molecule has 1 rings (SSSR count). The van der Waals surface area contributed by atoms with E-state index >= 15 is 0 Å². The third-order valence-electron chi connectivity index (χ3n) is 1.77. The Morgan fingerprint density at radius 2 is 2.40 bits per heavy atom. The first-order valence-corrected chi connectivity index (χ1v) is 3.68. The second kappa shape index (κ2) is 3.40. The van der Waals surface area contributed by atoms with Crippen molar-refractivity contribution in [2.24, 2.45) is 0 Å². The van der Waals surface area contributed by atoms with Crippen molar-refractivity contribution < 1.29 is 0 Å². The van der Waals surface area contributed by atoms with Gasteiger partial charge in [-0.05, 0) is 32.3 Å². The molecule has 0 fully saturated rings. The zero-order chi connectivity index (χ0) is 7.40. The van der Waals surface area contributed by atoms with Gasteiger partial charge in [-0.25, -0.2) is 0 Å². The van der Waals surface area contributed by atoms with E-state index in [1.807, 2.05) is 0 Å². The van der Waals surface area contributed by atoms with Crippen molar-refractivity contribution in [1.82, 2.24) is 0 Å². The van der Waals surface area contributed by atoms with Crippen molar-refractivity contribution in [3.63, 3.8) is 0 Å². The zero-order valence-electron chi connectivity index (χ0n) is 6.59. The van der Waals surface area contributed by atoms with Gasteiger partial charge in [0.2, 0.25) is 0 Å². The highest BCUT2D eigenvalue weighted by atomic mass is 14.0. The molecule has 0 aromatic rings. The van der Waals surface area contributed by atoms with E-state index in [2.05, 4.69) is 44.6 Å². The van der Waals surface area contributed by atoms with Crippen LogP contribution >= 0.6 is 0 Å². The Hall–Kier alpha value is -0.780. The topological polar surface area (TPSA) is 0 Å². The van der Waals surface area contributed by atoms with E-state index in [0.29, 0.717) is 0 Å². The van der Waals surface area contributed by atoms with Crippen LogP contribution in [0.3, 0.4) is 0 Å². The lowest BCUT2D eigenvalue weighted by Gasteiger charge is -2.07. The first kappa shape index (κ1) is 7.33. The van der Waals surface area contributed by atoms with Crippen molar-refractivity contribution in [3.8, 4) is 0 Å². The molecule has 0 nitrogen and oxygen atoms in total. The maximum Gasteiger partial charge on any atom is -0.00528 e. The van der Waals surface area contributed by atoms with E-state index in [0.717, 1.165) is 6.42 Å². The molecule has 0 heteroatoms. The van der Waals surface area contributed by atoms with Gasteiger partial charge >= 0.3 is 0 Å². The Morgan fingerprint density at radius 1 is 1.60 bits per heavy atom. The van der Waals surface area contributed by atoms with Crippen LogP contribution in [0.1, 0.15) is 20.3 Å². The summed E-state index contributed by atoms with van der Waals surface area (Å²) in [5.41, 5.74) is 2.73. The Kier molecular flexibility index (Phi) is 2.49. The van der Waals surface area contributed by atoms with Crippen molar-refractivity contribution in [2.75, 3.05) is 0 Å². The molecule has 0 aromatic heterocycles. The fourth-order valence-electron chi connectivity index (χ4n) is 0.972. The van der Waals surface area contributed by atoms with Crippen LogP contribution in [-0.2, 0) is 0 Å². The molecule has 0 atom stereocenters. The molecule has 1 radical (unpaired) electrons. The maximum absolute atomic E-state index is 2.25. The molecule has 0 amide bonds. The summed E-state index contributed by atoms with van der Waals surface area (Å²) in [4.78, 5) is 0. The highest BCUT2D eigenvalue weighted by molar-refractivity contribution is 5.40. The molecule has 0 heterocycles. The van der Waals surface area contributed by atoms with E-state index in [1.54, 1.807) is 0 Å². The molecule has 1 aliphatic rings. The summed E-state index contributed by atoms with van der Waals surface area (Å²) in [5, 5.41) is 0. The second-order valence-electron chi connectivity index (χ2n) is 2.46. The molecule has 10 heavy (non-hydrogen) atoms. The highest BCUT2D eigenvalue weighted by Crippen LogP contribution is 2.17. The fraction of sp³-hybridized carbons (Fsp3) is 0.300. The van der Waals surface area contributed by atoms with Crippen LogP contribution in [-0.4, -0.2) is 0 Å². The lowest BCUT2D eigenvalue weighted by Crippen LogP contribution is -1.89. The summed E-state index contributed by atoms with van der Waals surface area (Å²) >= 11 is 0. The average Bonchev–Trinajstić information content (AvgIpc) is 2.05. The van der Waals surface area contributed by atoms with E-state index in [1.165, 1.54) is 11.1 Å². The summed E-state index contributed by atoms with van der Waals surface area (Å²) in [7, 11) is 0. The molecule has 0 unspecified atom stereocenters. The molecular weight excluding hydrogens is 120 g/mol. The van der Waals surface area contributed by atoms with Gasteiger partial charge in [0, 0.05) is 0 Å². The van der Waals surface area contributed by atoms with E-state index in [4.69, 9.17) is 0 Å². The fourth-order valence-corrected chi connectivity index (χ4v) is 0.972. The number of hydrogen-bond acceptors (Lipinski definition) is 0. The summed E-state index contributed by atoms with van der Waals surface area (Å²) in [6, 6.07) is 0. The van der Waals surface area contributed by atoms with Gasteiger partial charge in [0.15, 0.2) is 0 Å². The normalized spacial score (nSPS) is 19.0. The SMILES string of the molecule is CC=C(C)C1=CC=CC[CH]1. The molecule has 0 bridgehead atoms. The number of allylic oxidation sites excluding steroid dienone is 6. The summed E-state index contributed by atoms with van der Waals surface area (Å²) in [5.74, 6) is 0. The minimum atomic E-state index is 1.08. The zero-order valence-corrected chi connectivity index (χ0v) is 6.59. The van der Waals surface area contributed by atoms with Crippen LogP contribution < -0.4 is 0 Å². The van der Waals surface area contributed by atoms with Crippen LogP contribution in [0.15, 0.2) is 35.5 Å². The average molecular weight is 133 g/mol. The predicted molar refractivity (Wildman–Crippen MR) is 45.6 cm³/mol. The van der Waals surface area contributed by atoms with Crippen LogP contribution in [0.4, 0.5) is 0 Å². The highest BCUT2D eigenvalue weighted by Gasteiger charge is 1.99. The molecule has 0 spiro atoms. The van der Waals surface area contributed by atoms with Crippen molar-refractivity contribution in [2.45, 2.75) is 20.3 Å². The van der Waals surface area contributed by atoms with Crippen LogP contribution in [0.5, 0.6) is 0 Å². The Morgan fingerprint density at radius 3 is 2.90 bits per heavy atom.